The Morgan fingerprint density at radius 1 is 1.43 bits per heavy atom. The van der Waals surface area contributed by atoms with Crippen LogP contribution in [-0.4, -0.2) is 42.9 Å². The van der Waals surface area contributed by atoms with Gasteiger partial charge >= 0.3 is 0 Å². The van der Waals surface area contributed by atoms with E-state index in [0.717, 1.165) is 50.7 Å². The summed E-state index contributed by atoms with van der Waals surface area (Å²) >= 11 is 0. The van der Waals surface area contributed by atoms with Gasteiger partial charge in [0.15, 0.2) is 5.82 Å². The molecule has 0 saturated carbocycles. The summed E-state index contributed by atoms with van der Waals surface area (Å²) in [5, 5.41) is 8.21. The summed E-state index contributed by atoms with van der Waals surface area (Å²) < 4.78 is 7.25. The van der Waals surface area contributed by atoms with E-state index in [0.29, 0.717) is 5.92 Å². The van der Waals surface area contributed by atoms with Crippen LogP contribution in [0, 0.1) is 5.92 Å². The molecule has 7 nitrogen and oxygen atoms in total. The maximum atomic E-state index is 5.33. The Balaban J connectivity index is 1.53. The third-order valence-electron chi connectivity index (χ3n) is 3.86. The Morgan fingerprint density at radius 2 is 2.38 bits per heavy atom. The largest absolute Gasteiger partial charge is 0.338 e. The molecule has 114 valence electrons. The second-order valence-corrected chi connectivity index (χ2v) is 5.72. The number of aryl methyl sites for hydroxylation is 1. The van der Waals surface area contributed by atoms with Gasteiger partial charge in [0.05, 0.1) is 6.54 Å². The minimum atomic E-state index is 0.610. The average Bonchev–Trinajstić information content (AvgIpc) is 3.12. The van der Waals surface area contributed by atoms with Gasteiger partial charge in [-0.2, -0.15) is 10.1 Å². The molecule has 3 rings (SSSR count). The number of nitrogens with zero attached hydrogens (tertiary/aromatic N) is 6. The van der Waals surface area contributed by atoms with E-state index in [1.807, 2.05) is 4.68 Å². The molecule has 1 atom stereocenters. The van der Waals surface area contributed by atoms with Crippen molar-refractivity contribution in [3.63, 3.8) is 0 Å². The van der Waals surface area contributed by atoms with Gasteiger partial charge in [-0.1, -0.05) is 12.1 Å². The van der Waals surface area contributed by atoms with Crippen LogP contribution in [0.3, 0.4) is 0 Å². The molecule has 0 spiro atoms. The quantitative estimate of drug-likeness (QED) is 0.803. The standard InChI is InChI=1S/C14H22N6O/c1-2-4-13-17-14(21-18-13)9-19-6-3-5-12(7-19)8-20-11-15-10-16-20/h10-12H,2-9H2,1H3. The van der Waals surface area contributed by atoms with Crippen molar-refractivity contribution in [2.24, 2.45) is 5.92 Å². The van der Waals surface area contributed by atoms with Crippen LogP contribution in [0.2, 0.25) is 0 Å². The number of hydrogen-bond donors (Lipinski definition) is 0. The second-order valence-electron chi connectivity index (χ2n) is 5.72. The number of likely N-dealkylation sites (tertiary alicyclic amines) is 1. The van der Waals surface area contributed by atoms with E-state index in [2.05, 4.69) is 32.0 Å². The number of aromatic nitrogens is 5. The molecule has 21 heavy (non-hydrogen) atoms. The molecule has 0 N–H and O–H groups in total. The topological polar surface area (TPSA) is 72.9 Å². The molecule has 0 amide bonds. The summed E-state index contributed by atoms with van der Waals surface area (Å²) in [5.41, 5.74) is 0. The van der Waals surface area contributed by atoms with Crippen LogP contribution in [0.5, 0.6) is 0 Å². The van der Waals surface area contributed by atoms with Gasteiger partial charge in [-0.25, -0.2) is 4.98 Å². The zero-order valence-electron chi connectivity index (χ0n) is 12.5. The van der Waals surface area contributed by atoms with E-state index in [1.54, 1.807) is 12.7 Å². The Morgan fingerprint density at radius 3 is 3.19 bits per heavy atom. The highest BCUT2D eigenvalue weighted by Gasteiger charge is 2.22. The molecular formula is C14H22N6O. The minimum Gasteiger partial charge on any atom is -0.338 e. The predicted octanol–water partition coefficient (Wildman–Crippen LogP) is 1.53. The smallest absolute Gasteiger partial charge is 0.240 e. The lowest BCUT2D eigenvalue weighted by molar-refractivity contribution is 0.138. The van der Waals surface area contributed by atoms with Crippen LogP contribution in [0.1, 0.15) is 37.9 Å². The predicted molar refractivity (Wildman–Crippen MR) is 76.3 cm³/mol. The fourth-order valence-electron chi connectivity index (χ4n) is 2.91. The van der Waals surface area contributed by atoms with Crippen molar-refractivity contribution in [2.45, 2.75) is 45.7 Å². The van der Waals surface area contributed by atoms with Crippen molar-refractivity contribution in [3.05, 3.63) is 24.4 Å². The third kappa shape index (κ3) is 3.87. The van der Waals surface area contributed by atoms with Gasteiger partial charge in [0.1, 0.15) is 12.7 Å². The van der Waals surface area contributed by atoms with E-state index in [4.69, 9.17) is 4.52 Å². The van der Waals surface area contributed by atoms with Gasteiger partial charge in [0.25, 0.3) is 0 Å². The summed E-state index contributed by atoms with van der Waals surface area (Å²) in [6.07, 6.45) is 7.75. The van der Waals surface area contributed by atoms with E-state index in [1.165, 1.54) is 12.8 Å². The molecule has 1 saturated heterocycles. The first-order chi connectivity index (χ1) is 10.3. The highest BCUT2D eigenvalue weighted by atomic mass is 16.5. The summed E-state index contributed by atoms with van der Waals surface area (Å²) in [7, 11) is 0. The fraction of sp³-hybridized carbons (Fsp3) is 0.714. The first-order valence-electron chi connectivity index (χ1n) is 7.69. The molecular weight excluding hydrogens is 268 g/mol. The van der Waals surface area contributed by atoms with Crippen LogP contribution in [0.4, 0.5) is 0 Å². The SMILES string of the molecule is CCCc1noc(CN2CCCC(Cn3cncn3)C2)n1. The van der Waals surface area contributed by atoms with Crippen molar-refractivity contribution < 1.29 is 4.52 Å². The van der Waals surface area contributed by atoms with Crippen LogP contribution in [0.15, 0.2) is 17.2 Å². The van der Waals surface area contributed by atoms with E-state index < -0.39 is 0 Å². The van der Waals surface area contributed by atoms with Crippen molar-refractivity contribution in [1.29, 1.82) is 0 Å². The molecule has 7 heteroatoms. The fourth-order valence-corrected chi connectivity index (χ4v) is 2.91. The van der Waals surface area contributed by atoms with Gasteiger partial charge in [0.2, 0.25) is 5.89 Å². The molecule has 0 radical (unpaired) electrons. The van der Waals surface area contributed by atoms with E-state index in [-0.39, 0.29) is 0 Å². The monoisotopic (exact) mass is 290 g/mol. The third-order valence-corrected chi connectivity index (χ3v) is 3.86. The van der Waals surface area contributed by atoms with Crippen LogP contribution in [-0.2, 0) is 19.5 Å². The first kappa shape index (κ1) is 14.2. The van der Waals surface area contributed by atoms with Gasteiger partial charge in [-0.05, 0) is 31.7 Å². The number of hydrogen-bond acceptors (Lipinski definition) is 6. The van der Waals surface area contributed by atoms with Crippen LogP contribution in [0.25, 0.3) is 0 Å². The van der Waals surface area contributed by atoms with Crippen molar-refractivity contribution in [1.82, 2.24) is 29.8 Å². The zero-order valence-corrected chi connectivity index (χ0v) is 12.5. The summed E-state index contributed by atoms with van der Waals surface area (Å²) in [5.74, 6) is 2.17. The lowest BCUT2D eigenvalue weighted by Gasteiger charge is -2.31. The highest BCUT2D eigenvalue weighted by Crippen LogP contribution is 2.19. The Hall–Kier alpha value is -1.76. The molecule has 2 aromatic rings. The van der Waals surface area contributed by atoms with Crippen LogP contribution >= 0.6 is 0 Å². The number of rotatable bonds is 6. The molecule has 1 aliphatic heterocycles. The molecule has 2 aromatic heterocycles. The highest BCUT2D eigenvalue weighted by molar-refractivity contribution is 4.87. The normalized spacial score (nSPS) is 20.0. The van der Waals surface area contributed by atoms with Gasteiger partial charge < -0.3 is 4.52 Å². The molecule has 0 bridgehead atoms. The molecule has 3 heterocycles. The van der Waals surface area contributed by atoms with E-state index in [9.17, 15) is 0 Å². The minimum absolute atomic E-state index is 0.610. The Labute approximate surface area is 124 Å². The summed E-state index contributed by atoms with van der Waals surface area (Å²) in [6, 6.07) is 0. The van der Waals surface area contributed by atoms with E-state index >= 15 is 0 Å². The Bertz CT molecular complexity index is 537. The maximum Gasteiger partial charge on any atom is 0.240 e. The lowest BCUT2D eigenvalue weighted by Crippen LogP contribution is -2.36. The van der Waals surface area contributed by atoms with Crippen molar-refractivity contribution in [2.75, 3.05) is 13.1 Å². The Kier molecular flexibility index (Phi) is 4.59. The van der Waals surface area contributed by atoms with Gasteiger partial charge in [-0.3, -0.25) is 9.58 Å². The summed E-state index contributed by atoms with van der Waals surface area (Å²) in [4.78, 5) is 10.8. The van der Waals surface area contributed by atoms with Crippen LogP contribution < -0.4 is 0 Å². The number of piperidine rings is 1. The van der Waals surface area contributed by atoms with Crippen molar-refractivity contribution >= 4 is 0 Å². The molecule has 1 fully saturated rings. The second kappa shape index (κ2) is 6.80. The van der Waals surface area contributed by atoms with Gasteiger partial charge in [-0.15, -0.1) is 0 Å². The maximum absolute atomic E-state index is 5.33. The molecule has 1 aliphatic rings. The average molecular weight is 290 g/mol. The first-order valence-corrected chi connectivity index (χ1v) is 7.69. The van der Waals surface area contributed by atoms with Gasteiger partial charge in [0, 0.05) is 19.5 Å². The zero-order chi connectivity index (χ0) is 14.5. The van der Waals surface area contributed by atoms with Crippen molar-refractivity contribution in [3.8, 4) is 0 Å². The molecule has 1 unspecified atom stereocenters. The lowest BCUT2D eigenvalue weighted by atomic mass is 9.98. The summed E-state index contributed by atoms with van der Waals surface area (Å²) in [6.45, 7) is 5.95. The molecule has 0 aliphatic carbocycles. The molecule has 0 aromatic carbocycles.